The molecule has 2 aromatic rings. The lowest BCUT2D eigenvalue weighted by Crippen LogP contribution is -2.59. The maximum absolute atomic E-state index is 13.7. The molecule has 0 saturated carbocycles. The molecule has 0 heterocycles. The third-order valence-electron chi connectivity index (χ3n) is 8.26. The summed E-state index contributed by atoms with van der Waals surface area (Å²) >= 11 is 0. The normalized spacial score (nSPS) is 13.7. The third kappa shape index (κ3) is 16.4. The molecule has 1 unspecified atom stereocenters. The van der Waals surface area contributed by atoms with Gasteiger partial charge in [-0.3, -0.25) is 9.59 Å². The molecule has 5 amide bonds. The van der Waals surface area contributed by atoms with Gasteiger partial charge in [0, 0.05) is 13.0 Å². The van der Waals surface area contributed by atoms with Crippen molar-refractivity contribution in [2.45, 2.75) is 96.0 Å². The quantitative estimate of drug-likeness (QED) is 0.0784. The molecular formula is C36H52N6O9. The van der Waals surface area contributed by atoms with Crippen molar-refractivity contribution < 1.29 is 43.7 Å². The predicted octanol–water partition coefficient (Wildman–Crippen LogP) is 2.68. The van der Waals surface area contributed by atoms with Crippen molar-refractivity contribution in [3.63, 3.8) is 0 Å². The fraction of sp³-hybridized carbons (Fsp3) is 0.500. The van der Waals surface area contributed by atoms with Gasteiger partial charge in [0.15, 0.2) is 0 Å². The lowest BCUT2D eigenvalue weighted by molar-refractivity contribution is -0.142. The maximum atomic E-state index is 13.7. The molecule has 9 N–H and O–H groups in total. The van der Waals surface area contributed by atoms with E-state index in [2.05, 4.69) is 26.6 Å². The first kappa shape index (κ1) is 42.0. The molecule has 2 aromatic carbocycles. The molecule has 0 aliphatic carbocycles. The van der Waals surface area contributed by atoms with Crippen LogP contribution in [0.4, 0.5) is 9.59 Å². The number of ether oxygens (including phenoxy) is 1. The number of urea groups is 1. The monoisotopic (exact) mass is 712 g/mol. The Kier molecular flexibility index (Phi) is 19.2. The van der Waals surface area contributed by atoms with Crippen LogP contribution in [0.15, 0.2) is 60.7 Å². The zero-order valence-corrected chi connectivity index (χ0v) is 29.3. The zero-order valence-electron chi connectivity index (χ0n) is 29.3. The van der Waals surface area contributed by atoms with Gasteiger partial charge in [0.05, 0.1) is 0 Å². The van der Waals surface area contributed by atoms with Crippen molar-refractivity contribution in [1.82, 2.24) is 26.6 Å². The van der Waals surface area contributed by atoms with Crippen LogP contribution in [0, 0.1) is 5.92 Å². The summed E-state index contributed by atoms with van der Waals surface area (Å²) in [7, 11) is 0. The van der Waals surface area contributed by atoms with E-state index >= 15 is 0 Å². The van der Waals surface area contributed by atoms with E-state index in [4.69, 9.17) is 10.5 Å². The number of carbonyl (C=O) groups is 6. The molecule has 0 aliphatic heterocycles. The Balaban J connectivity index is 2.11. The van der Waals surface area contributed by atoms with Gasteiger partial charge < -0.3 is 47.3 Å². The minimum atomic E-state index is -1.26. The van der Waals surface area contributed by atoms with Gasteiger partial charge in [0.25, 0.3) is 0 Å². The minimum absolute atomic E-state index is 0.0251. The first-order valence-electron chi connectivity index (χ1n) is 17.3. The van der Waals surface area contributed by atoms with E-state index in [0.29, 0.717) is 44.2 Å². The van der Waals surface area contributed by atoms with Gasteiger partial charge in [-0.15, -0.1) is 0 Å². The molecule has 51 heavy (non-hydrogen) atoms. The number of carboxylic acid groups (broad SMARTS) is 2. The number of hydrogen-bond acceptors (Lipinski definition) is 8. The highest BCUT2D eigenvalue weighted by Gasteiger charge is 2.33. The summed E-state index contributed by atoms with van der Waals surface area (Å²) < 4.78 is 5.20. The van der Waals surface area contributed by atoms with Crippen molar-refractivity contribution in [3.8, 4) is 0 Å². The molecule has 15 heteroatoms. The second-order valence-electron chi connectivity index (χ2n) is 12.3. The van der Waals surface area contributed by atoms with Crippen LogP contribution >= 0.6 is 0 Å². The van der Waals surface area contributed by atoms with Crippen LogP contribution in [0.1, 0.15) is 69.9 Å². The molecule has 0 radical (unpaired) electrons. The zero-order chi connectivity index (χ0) is 37.6. The third-order valence-corrected chi connectivity index (χ3v) is 8.26. The van der Waals surface area contributed by atoms with E-state index < -0.39 is 66.0 Å². The number of unbranched alkanes of at least 4 members (excludes halogenated alkanes) is 2. The molecule has 0 aromatic heterocycles. The molecule has 2 rings (SSSR count). The van der Waals surface area contributed by atoms with Crippen LogP contribution in [-0.2, 0) is 36.9 Å². The van der Waals surface area contributed by atoms with Crippen molar-refractivity contribution in [2.24, 2.45) is 11.7 Å². The van der Waals surface area contributed by atoms with Crippen LogP contribution in [0.2, 0.25) is 0 Å². The van der Waals surface area contributed by atoms with Gasteiger partial charge in [-0.2, -0.15) is 0 Å². The number of rotatable bonds is 23. The van der Waals surface area contributed by atoms with Gasteiger partial charge in [-0.05, 0) is 62.1 Å². The van der Waals surface area contributed by atoms with Crippen LogP contribution in [0.5, 0.6) is 0 Å². The van der Waals surface area contributed by atoms with Crippen molar-refractivity contribution >= 4 is 35.9 Å². The molecule has 0 saturated heterocycles. The Bertz CT molecular complexity index is 1400. The summed E-state index contributed by atoms with van der Waals surface area (Å²) in [4.78, 5) is 76.1. The Labute approximate surface area is 298 Å². The lowest BCUT2D eigenvalue weighted by atomic mass is 9.96. The smallest absolute Gasteiger partial charge is 0.407 e. The van der Waals surface area contributed by atoms with E-state index in [-0.39, 0.29) is 32.4 Å². The Hall–Kier alpha value is -5.18. The summed E-state index contributed by atoms with van der Waals surface area (Å²) in [5.74, 6) is -4.32. The van der Waals surface area contributed by atoms with E-state index in [1.807, 2.05) is 37.3 Å². The van der Waals surface area contributed by atoms with Gasteiger partial charge in [0.1, 0.15) is 30.8 Å². The number of nitrogens with one attached hydrogen (secondary N) is 5. The number of alkyl carbamates (subject to hydrolysis) is 1. The Morgan fingerprint density at radius 2 is 1.27 bits per heavy atom. The molecule has 0 spiro atoms. The standard InChI is InChI=1S/C36H52N6O9/c1-3-24(2)30(32(44)39-29(34(47)48)22-25-14-6-4-7-15-25)42-31(43)27(40-35(49)41-28(33(45)46)19-10-12-20-37)18-11-13-21-38-36(50)51-23-26-16-8-5-9-17-26/h4-9,14-17,24,27-30H,3,10-13,18-23,37H2,1-2H3,(H,38,50)(H,39,44)(H,42,43)(H,45,46)(H,47,48)(H2,40,41,49)/t24?,27-,28+,29+,30+/m1/s1. The fourth-order valence-electron chi connectivity index (χ4n) is 5.08. The van der Waals surface area contributed by atoms with Gasteiger partial charge in [-0.1, -0.05) is 80.9 Å². The fourth-order valence-corrected chi connectivity index (χ4v) is 5.08. The van der Waals surface area contributed by atoms with E-state index in [1.165, 1.54) is 0 Å². The topological polar surface area (TPSA) is 238 Å². The van der Waals surface area contributed by atoms with Crippen LogP contribution in [-0.4, -0.2) is 83.3 Å². The van der Waals surface area contributed by atoms with Crippen LogP contribution in [0.25, 0.3) is 0 Å². The van der Waals surface area contributed by atoms with E-state index in [1.54, 1.807) is 37.3 Å². The highest BCUT2D eigenvalue weighted by molar-refractivity contribution is 5.94. The molecule has 0 bridgehead atoms. The number of carboxylic acids is 2. The number of carbonyl (C=O) groups excluding carboxylic acids is 4. The van der Waals surface area contributed by atoms with Crippen molar-refractivity contribution in [3.05, 3.63) is 71.8 Å². The number of benzene rings is 2. The van der Waals surface area contributed by atoms with Crippen molar-refractivity contribution in [1.29, 1.82) is 0 Å². The van der Waals surface area contributed by atoms with Crippen LogP contribution < -0.4 is 32.3 Å². The molecule has 0 aliphatic rings. The summed E-state index contributed by atoms with van der Waals surface area (Å²) in [5, 5.41) is 32.2. The number of aliphatic carboxylic acids is 2. The highest BCUT2D eigenvalue weighted by atomic mass is 16.5. The average Bonchev–Trinajstić information content (AvgIpc) is 3.11. The van der Waals surface area contributed by atoms with Crippen molar-refractivity contribution in [2.75, 3.05) is 13.1 Å². The second-order valence-corrected chi connectivity index (χ2v) is 12.3. The van der Waals surface area contributed by atoms with Gasteiger partial charge in [0.2, 0.25) is 11.8 Å². The second kappa shape index (κ2) is 23.3. The summed E-state index contributed by atoms with van der Waals surface area (Å²) in [6.07, 6.45) is 1.85. The maximum Gasteiger partial charge on any atom is 0.407 e. The summed E-state index contributed by atoms with van der Waals surface area (Å²) in [6.45, 7) is 4.22. The molecule has 5 atom stereocenters. The first-order chi connectivity index (χ1) is 24.4. The summed E-state index contributed by atoms with van der Waals surface area (Å²) in [5.41, 5.74) is 7.03. The lowest BCUT2D eigenvalue weighted by Gasteiger charge is -2.28. The molecule has 15 nitrogen and oxygen atoms in total. The summed E-state index contributed by atoms with van der Waals surface area (Å²) in [6, 6.07) is 12.2. The Morgan fingerprint density at radius 1 is 0.706 bits per heavy atom. The number of hydrogen-bond donors (Lipinski definition) is 8. The minimum Gasteiger partial charge on any atom is -0.480 e. The molecule has 280 valence electrons. The van der Waals surface area contributed by atoms with Gasteiger partial charge >= 0.3 is 24.1 Å². The number of amides is 5. The SMILES string of the molecule is CCC(C)[C@H](NC(=O)[C@@H](CCCCNC(=O)OCc1ccccc1)NC(=O)N[C@@H](CCCCN)C(=O)O)C(=O)N[C@@H](Cc1ccccc1)C(=O)O. The molecular weight excluding hydrogens is 660 g/mol. The predicted molar refractivity (Wildman–Crippen MR) is 189 cm³/mol. The average molecular weight is 713 g/mol. The van der Waals surface area contributed by atoms with E-state index in [9.17, 15) is 39.0 Å². The Morgan fingerprint density at radius 3 is 1.86 bits per heavy atom. The van der Waals surface area contributed by atoms with Gasteiger partial charge in [-0.25, -0.2) is 19.2 Å². The molecule has 0 fully saturated rings. The number of nitrogens with two attached hydrogens (primary N) is 1. The largest absolute Gasteiger partial charge is 0.480 e. The highest BCUT2D eigenvalue weighted by Crippen LogP contribution is 2.12. The van der Waals surface area contributed by atoms with Crippen LogP contribution in [0.3, 0.4) is 0 Å². The van der Waals surface area contributed by atoms with E-state index in [0.717, 1.165) is 5.56 Å². The first-order valence-corrected chi connectivity index (χ1v) is 17.3.